The number of nitrogens with zero attached hydrogens (tertiary/aromatic N) is 1. The molecule has 0 unspecified atom stereocenters. The molecule has 20 heavy (non-hydrogen) atoms. The number of ether oxygens (including phenoxy) is 1. The van der Waals surface area contributed by atoms with Gasteiger partial charge in [0, 0.05) is 8.95 Å². The average Bonchev–Trinajstić information content (AvgIpc) is 2.41. The van der Waals surface area contributed by atoms with Crippen LogP contribution in [0.4, 0.5) is 0 Å². The van der Waals surface area contributed by atoms with E-state index in [4.69, 9.17) is 15.7 Å². The molecule has 2 aromatic rings. The molecule has 0 aliphatic carbocycles. The van der Waals surface area contributed by atoms with Gasteiger partial charge in [-0.2, -0.15) is 0 Å². The Morgan fingerprint density at radius 3 is 2.30 bits per heavy atom. The minimum Gasteiger partial charge on any atom is -0.455 e. The highest BCUT2D eigenvalue weighted by molar-refractivity contribution is 9.11. The van der Waals surface area contributed by atoms with Crippen LogP contribution in [-0.4, -0.2) is 11.0 Å². The van der Waals surface area contributed by atoms with Crippen LogP contribution in [-0.2, 0) is 0 Å². The minimum absolute atomic E-state index is 0.0132. The molecule has 2 rings (SSSR count). The zero-order chi connectivity index (χ0) is 14.7. The summed E-state index contributed by atoms with van der Waals surface area (Å²) in [7, 11) is 0. The molecule has 104 valence electrons. The van der Waals surface area contributed by atoms with E-state index in [-0.39, 0.29) is 5.84 Å². The highest BCUT2D eigenvalue weighted by atomic mass is 79.9. The molecule has 4 nitrogen and oxygen atoms in total. The predicted octanol–water partition coefficient (Wildman–Crippen LogP) is 4.86. The van der Waals surface area contributed by atoms with E-state index >= 15 is 0 Å². The quantitative estimate of drug-likeness (QED) is 0.295. The van der Waals surface area contributed by atoms with Gasteiger partial charge in [-0.25, -0.2) is 0 Å². The Labute approximate surface area is 141 Å². The third-order valence-electron chi connectivity index (χ3n) is 2.44. The molecule has 2 aromatic carbocycles. The Bertz CT molecular complexity index is 675. The second-order valence-corrected chi connectivity index (χ2v) is 6.49. The number of rotatable bonds is 3. The lowest BCUT2D eigenvalue weighted by Crippen LogP contribution is -2.14. The second-order valence-electron chi connectivity index (χ2n) is 3.80. The Balaban J connectivity index is 2.44. The van der Waals surface area contributed by atoms with Crippen LogP contribution < -0.4 is 10.5 Å². The van der Waals surface area contributed by atoms with Gasteiger partial charge in [0.05, 0.1) is 10.0 Å². The standard InChI is InChI=1S/C13H9Br3N2O2/c14-7-2-4-11(10(16)5-7)20-12-6-8(15)1-3-9(12)13(17)18-19/h1-6,19H,(H2,17,18). The van der Waals surface area contributed by atoms with E-state index in [9.17, 15) is 0 Å². The van der Waals surface area contributed by atoms with Gasteiger partial charge in [-0.1, -0.05) is 37.0 Å². The fraction of sp³-hybridized carbons (Fsp3) is 0. The number of halogens is 3. The van der Waals surface area contributed by atoms with Crippen molar-refractivity contribution in [3.05, 3.63) is 55.4 Å². The Hall–Kier alpha value is -1.05. The van der Waals surface area contributed by atoms with Gasteiger partial charge in [-0.15, -0.1) is 0 Å². The molecule has 0 fully saturated rings. The van der Waals surface area contributed by atoms with E-state index in [2.05, 4.69) is 52.9 Å². The van der Waals surface area contributed by atoms with Crippen molar-refractivity contribution in [2.75, 3.05) is 0 Å². The molecule has 0 aromatic heterocycles. The molecule has 0 saturated carbocycles. The van der Waals surface area contributed by atoms with Crippen molar-refractivity contribution < 1.29 is 9.94 Å². The largest absolute Gasteiger partial charge is 0.455 e. The summed E-state index contributed by atoms with van der Waals surface area (Å²) in [5.74, 6) is 1.09. The third kappa shape index (κ3) is 3.53. The maximum absolute atomic E-state index is 8.82. The van der Waals surface area contributed by atoms with Gasteiger partial charge in [-0.05, 0) is 52.3 Å². The van der Waals surface area contributed by atoms with Crippen LogP contribution >= 0.6 is 47.8 Å². The highest BCUT2D eigenvalue weighted by Crippen LogP contribution is 2.34. The van der Waals surface area contributed by atoms with Crippen LogP contribution in [0, 0.1) is 0 Å². The van der Waals surface area contributed by atoms with Crippen LogP contribution in [0.3, 0.4) is 0 Å². The number of hydrogen-bond acceptors (Lipinski definition) is 3. The lowest BCUT2D eigenvalue weighted by molar-refractivity contribution is 0.318. The van der Waals surface area contributed by atoms with E-state index in [1.54, 1.807) is 18.2 Å². The minimum atomic E-state index is -0.0132. The Morgan fingerprint density at radius 1 is 1.00 bits per heavy atom. The SMILES string of the molecule is N/C(=N/O)c1ccc(Br)cc1Oc1ccc(Br)cc1Br. The molecule has 7 heteroatoms. The van der Waals surface area contributed by atoms with Gasteiger partial charge in [0.25, 0.3) is 0 Å². The molecular formula is C13H9Br3N2O2. The van der Waals surface area contributed by atoms with Gasteiger partial charge in [0.2, 0.25) is 0 Å². The van der Waals surface area contributed by atoms with Crippen molar-refractivity contribution in [1.29, 1.82) is 0 Å². The van der Waals surface area contributed by atoms with E-state index in [0.717, 1.165) is 13.4 Å². The monoisotopic (exact) mass is 462 g/mol. The third-order valence-corrected chi connectivity index (χ3v) is 4.05. The molecule has 0 saturated heterocycles. The lowest BCUT2D eigenvalue weighted by Gasteiger charge is -2.12. The molecule has 0 bridgehead atoms. The summed E-state index contributed by atoms with van der Waals surface area (Å²) in [5.41, 5.74) is 6.15. The summed E-state index contributed by atoms with van der Waals surface area (Å²) in [5, 5.41) is 11.8. The molecule has 0 aliphatic heterocycles. The number of hydrogen-bond donors (Lipinski definition) is 2. The van der Waals surface area contributed by atoms with Crippen molar-refractivity contribution in [3.63, 3.8) is 0 Å². The van der Waals surface area contributed by atoms with Crippen LogP contribution in [0.25, 0.3) is 0 Å². The van der Waals surface area contributed by atoms with Crippen molar-refractivity contribution in [1.82, 2.24) is 0 Å². The lowest BCUT2D eigenvalue weighted by atomic mass is 10.2. The first-order chi connectivity index (χ1) is 9.51. The fourth-order valence-electron chi connectivity index (χ4n) is 1.52. The summed E-state index contributed by atoms with van der Waals surface area (Å²) < 4.78 is 8.38. The van der Waals surface area contributed by atoms with E-state index < -0.39 is 0 Å². The second kappa shape index (κ2) is 6.60. The first-order valence-electron chi connectivity index (χ1n) is 5.41. The topological polar surface area (TPSA) is 67.8 Å². The van der Waals surface area contributed by atoms with Crippen molar-refractivity contribution >= 4 is 53.6 Å². The maximum atomic E-state index is 8.82. The van der Waals surface area contributed by atoms with E-state index in [0.29, 0.717) is 17.1 Å². The predicted molar refractivity (Wildman–Crippen MR) is 88.6 cm³/mol. The number of benzene rings is 2. The van der Waals surface area contributed by atoms with Gasteiger partial charge in [0.15, 0.2) is 5.84 Å². The highest BCUT2D eigenvalue weighted by Gasteiger charge is 2.12. The number of amidine groups is 1. The molecule has 3 N–H and O–H groups in total. The Morgan fingerprint density at radius 2 is 1.65 bits per heavy atom. The number of oxime groups is 1. The zero-order valence-corrected chi connectivity index (χ0v) is 14.7. The summed E-state index contributed by atoms with van der Waals surface area (Å²) in [6, 6.07) is 10.8. The van der Waals surface area contributed by atoms with E-state index in [1.165, 1.54) is 0 Å². The summed E-state index contributed by atoms with van der Waals surface area (Å²) in [4.78, 5) is 0. The summed E-state index contributed by atoms with van der Waals surface area (Å²) in [6.07, 6.45) is 0. The molecule has 0 aliphatic rings. The van der Waals surface area contributed by atoms with Crippen molar-refractivity contribution in [3.8, 4) is 11.5 Å². The van der Waals surface area contributed by atoms with Crippen molar-refractivity contribution in [2.45, 2.75) is 0 Å². The van der Waals surface area contributed by atoms with Crippen LogP contribution in [0.1, 0.15) is 5.56 Å². The molecule has 0 spiro atoms. The van der Waals surface area contributed by atoms with E-state index in [1.807, 2.05) is 18.2 Å². The molecule has 0 atom stereocenters. The van der Waals surface area contributed by atoms with Gasteiger partial charge in [-0.3, -0.25) is 0 Å². The van der Waals surface area contributed by atoms with Crippen LogP contribution in [0.2, 0.25) is 0 Å². The van der Waals surface area contributed by atoms with Gasteiger partial charge in [0.1, 0.15) is 11.5 Å². The Kier molecular flexibility index (Phi) is 5.06. The molecule has 0 heterocycles. The summed E-state index contributed by atoms with van der Waals surface area (Å²) >= 11 is 10.2. The van der Waals surface area contributed by atoms with Crippen LogP contribution in [0.15, 0.2) is 55.0 Å². The fourth-order valence-corrected chi connectivity index (χ4v) is 2.99. The van der Waals surface area contributed by atoms with Gasteiger partial charge < -0.3 is 15.7 Å². The molecule has 0 radical (unpaired) electrons. The van der Waals surface area contributed by atoms with Crippen molar-refractivity contribution in [2.24, 2.45) is 10.9 Å². The van der Waals surface area contributed by atoms with Gasteiger partial charge >= 0.3 is 0 Å². The summed E-state index contributed by atoms with van der Waals surface area (Å²) in [6.45, 7) is 0. The number of nitrogens with two attached hydrogens (primary N) is 1. The average molecular weight is 465 g/mol. The maximum Gasteiger partial charge on any atom is 0.173 e. The smallest absolute Gasteiger partial charge is 0.173 e. The first kappa shape index (κ1) is 15.3. The first-order valence-corrected chi connectivity index (χ1v) is 7.79. The molecular weight excluding hydrogens is 456 g/mol. The van der Waals surface area contributed by atoms with Crippen LogP contribution in [0.5, 0.6) is 11.5 Å². The zero-order valence-electron chi connectivity index (χ0n) is 9.98. The normalized spacial score (nSPS) is 11.4. The molecule has 0 amide bonds.